The second-order valence-corrected chi connectivity index (χ2v) is 3.41. The van der Waals surface area contributed by atoms with E-state index < -0.39 is 0 Å². The van der Waals surface area contributed by atoms with Crippen LogP contribution in [0.2, 0.25) is 0 Å². The summed E-state index contributed by atoms with van der Waals surface area (Å²) in [4.78, 5) is 11.7. The first-order chi connectivity index (χ1) is 6.59. The third kappa shape index (κ3) is 1.21. The quantitative estimate of drug-likeness (QED) is 0.624. The Bertz CT molecular complexity index is 557. The molecule has 2 aromatic rings. The van der Waals surface area contributed by atoms with Crippen LogP contribution in [0.5, 0.6) is 0 Å². The van der Waals surface area contributed by atoms with Gasteiger partial charge >= 0.3 is 0 Å². The minimum atomic E-state index is -0.323. The molecule has 0 saturated heterocycles. The van der Waals surface area contributed by atoms with Crippen LogP contribution in [0.15, 0.2) is 29.2 Å². The van der Waals surface area contributed by atoms with E-state index in [0.29, 0.717) is 16.5 Å². The summed E-state index contributed by atoms with van der Waals surface area (Å²) in [6.07, 6.45) is 1.71. The summed E-state index contributed by atoms with van der Waals surface area (Å²) in [6, 6.07) is 4.21. The molecule has 0 atom stereocenters. The van der Waals surface area contributed by atoms with Gasteiger partial charge in [0, 0.05) is 24.2 Å². The Morgan fingerprint density at radius 1 is 1.36 bits per heavy atom. The number of nitrogens with zero attached hydrogens (tertiary/aromatic N) is 1. The van der Waals surface area contributed by atoms with Gasteiger partial charge in [-0.3, -0.25) is 4.79 Å². The molecule has 0 bridgehead atoms. The maximum atomic E-state index is 12.9. The van der Waals surface area contributed by atoms with Gasteiger partial charge in [0.15, 0.2) is 5.43 Å². The van der Waals surface area contributed by atoms with E-state index in [0.717, 1.165) is 0 Å². The molecule has 14 heavy (non-hydrogen) atoms. The lowest BCUT2D eigenvalue weighted by atomic mass is 10.1. The molecule has 0 unspecified atom stereocenters. The van der Waals surface area contributed by atoms with E-state index in [1.807, 2.05) is 0 Å². The average molecular weight is 191 g/mol. The highest BCUT2D eigenvalue weighted by Gasteiger charge is 2.04. The molecule has 0 aliphatic carbocycles. The molecule has 0 N–H and O–H groups in total. The SMILES string of the molecule is Cc1cn(C)c2cc(F)ccc2c1=O. The first kappa shape index (κ1) is 8.94. The zero-order valence-corrected chi connectivity index (χ0v) is 8.04. The van der Waals surface area contributed by atoms with Crippen LogP contribution in [0, 0.1) is 12.7 Å². The van der Waals surface area contributed by atoms with Crippen LogP contribution in [0.4, 0.5) is 4.39 Å². The first-order valence-electron chi connectivity index (χ1n) is 4.35. The highest BCUT2D eigenvalue weighted by molar-refractivity contribution is 5.79. The number of rotatable bonds is 0. The Labute approximate surface area is 80.6 Å². The third-order valence-electron chi connectivity index (χ3n) is 2.33. The van der Waals surface area contributed by atoms with Crippen LogP contribution < -0.4 is 5.43 Å². The largest absolute Gasteiger partial charge is 0.350 e. The second-order valence-electron chi connectivity index (χ2n) is 3.41. The van der Waals surface area contributed by atoms with Gasteiger partial charge in [-0.2, -0.15) is 0 Å². The van der Waals surface area contributed by atoms with Gasteiger partial charge in [0.05, 0.1) is 5.52 Å². The molecular formula is C11H10FNO. The Morgan fingerprint density at radius 2 is 2.07 bits per heavy atom. The van der Waals surface area contributed by atoms with Crippen molar-refractivity contribution in [3.8, 4) is 0 Å². The zero-order valence-electron chi connectivity index (χ0n) is 8.04. The monoisotopic (exact) mass is 191 g/mol. The Balaban J connectivity index is 3.02. The Kier molecular flexibility index (Phi) is 1.88. The van der Waals surface area contributed by atoms with E-state index >= 15 is 0 Å². The van der Waals surface area contributed by atoms with E-state index in [1.165, 1.54) is 18.2 Å². The number of halogens is 1. The summed E-state index contributed by atoms with van der Waals surface area (Å²) in [6.45, 7) is 1.76. The Hall–Kier alpha value is -1.64. The molecule has 1 aromatic heterocycles. The first-order valence-corrected chi connectivity index (χ1v) is 4.35. The van der Waals surface area contributed by atoms with E-state index in [2.05, 4.69) is 0 Å². The number of fused-ring (bicyclic) bond motifs is 1. The molecule has 72 valence electrons. The molecule has 0 saturated carbocycles. The van der Waals surface area contributed by atoms with Crippen molar-refractivity contribution in [2.45, 2.75) is 6.92 Å². The highest BCUT2D eigenvalue weighted by Crippen LogP contribution is 2.11. The molecule has 0 amide bonds. The van der Waals surface area contributed by atoms with Gasteiger partial charge < -0.3 is 4.57 Å². The van der Waals surface area contributed by atoms with Crippen LogP contribution in [0.1, 0.15) is 5.56 Å². The molecule has 2 nitrogen and oxygen atoms in total. The van der Waals surface area contributed by atoms with Gasteiger partial charge in [-0.05, 0) is 25.1 Å². The lowest BCUT2D eigenvalue weighted by Crippen LogP contribution is -2.10. The van der Waals surface area contributed by atoms with Crippen molar-refractivity contribution < 1.29 is 4.39 Å². The number of aromatic nitrogens is 1. The molecule has 1 heterocycles. The molecule has 1 aromatic carbocycles. The van der Waals surface area contributed by atoms with E-state index in [4.69, 9.17) is 0 Å². The maximum Gasteiger partial charge on any atom is 0.192 e. The standard InChI is InChI=1S/C11H10FNO/c1-7-6-13(2)10-5-8(12)3-4-9(10)11(7)14/h3-6H,1-2H3. The lowest BCUT2D eigenvalue weighted by molar-refractivity contribution is 0.628. The fraction of sp³-hybridized carbons (Fsp3) is 0.182. The summed E-state index contributed by atoms with van der Waals surface area (Å²) in [5.74, 6) is -0.323. The minimum absolute atomic E-state index is 0.0295. The van der Waals surface area contributed by atoms with Crippen molar-refractivity contribution in [3.63, 3.8) is 0 Å². The number of benzene rings is 1. The van der Waals surface area contributed by atoms with E-state index in [-0.39, 0.29) is 11.2 Å². The third-order valence-corrected chi connectivity index (χ3v) is 2.33. The van der Waals surface area contributed by atoms with Crippen molar-refractivity contribution >= 4 is 10.9 Å². The van der Waals surface area contributed by atoms with Crippen LogP contribution in [-0.4, -0.2) is 4.57 Å². The van der Waals surface area contributed by atoms with Gasteiger partial charge in [0.1, 0.15) is 5.82 Å². The normalized spacial score (nSPS) is 10.8. The molecule has 0 aliphatic rings. The zero-order chi connectivity index (χ0) is 10.3. The van der Waals surface area contributed by atoms with Crippen molar-refractivity contribution in [3.05, 3.63) is 46.0 Å². The number of hydrogen-bond donors (Lipinski definition) is 0. The molecule has 2 rings (SSSR count). The second kappa shape index (κ2) is 2.94. The number of pyridine rings is 1. The molecule has 3 heteroatoms. The van der Waals surface area contributed by atoms with Gasteiger partial charge in [-0.15, -0.1) is 0 Å². The fourth-order valence-electron chi connectivity index (χ4n) is 1.62. The average Bonchev–Trinajstić information content (AvgIpc) is 2.14. The summed E-state index contributed by atoms with van der Waals surface area (Å²) < 4.78 is 14.7. The van der Waals surface area contributed by atoms with Gasteiger partial charge in [0.2, 0.25) is 0 Å². The summed E-state index contributed by atoms with van der Waals surface area (Å²) in [5, 5.41) is 0.564. The summed E-state index contributed by atoms with van der Waals surface area (Å²) >= 11 is 0. The van der Waals surface area contributed by atoms with E-state index in [9.17, 15) is 9.18 Å². The van der Waals surface area contributed by atoms with Crippen LogP contribution >= 0.6 is 0 Å². The predicted octanol–water partition coefficient (Wildman–Crippen LogP) is 1.99. The van der Waals surface area contributed by atoms with Gasteiger partial charge in [0.25, 0.3) is 0 Å². The van der Waals surface area contributed by atoms with Crippen LogP contribution in [0.25, 0.3) is 10.9 Å². The molecule has 0 fully saturated rings. The summed E-state index contributed by atoms with van der Waals surface area (Å²) in [7, 11) is 1.80. The fourth-order valence-corrected chi connectivity index (χ4v) is 1.62. The van der Waals surface area contributed by atoms with Crippen molar-refractivity contribution in [1.29, 1.82) is 0 Å². The number of hydrogen-bond acceptors (Lipinski definition) is 1. The van der Waals surface area contributed by atoms with Crippen LogP contribution in [0.3, 0.4) is 0 Å². The number of aryl methyl sites for hydroxylation is 2. The molecule has 0 radical (unpaired) electrons. The molecular weight excluding hydrogens is 181 g/mol. The molecule has 0 aliphatic heterocycles. The lowest BCUT2D eigenvalue weighted by Gasteiger charge is -2.06. The van der Waals surface area contributed by atoms with Gasteiger partial charge in [-0.25, -0.2) is 4.39 Å². The highest BCUT2D eigenvalue weighted by atomic mass is 19.1. The maximum absolute atomic E-state index is 12.9. The van der Waals surface area contributed by atoms with Crippen molar-refractivity contribution in [2.75, 3.05) is 0 Å². The topological polar surface area (TPSA) is 22.0 Å². The van der Waals surface area contributed by atoms with Crippen molar-refractivity contribution in [2.24, 2.45) is 7.05 Å². The van der Waals surface area contributed by atoms with E-state index in [1.54, 1.807) is 24.7 Å². The molecule has 0 spiro atoms. The van der Waals surface area contributed by atoms with Gasteiger partial charge in [-0.1, -0.05) is 0 Å². The summed E-state index contributed by atoms with van der Waals surface area (Å²) in [5.41, 5.74) is 1.27. The van der Waals surface area contributed by atoms with Crippen molar-refractivity contribution in [1.82, 2.24) is 4.57 Å². The Morgan fingerprint density at radius 3 is 2.79 bits per heavy atom. The smallest absolute Gasteiger partial charge is 0.192 e. The minimum Gasteiger partial charge on any atom is -0.350 e. The van der Waals surface area contributed by atoms with Crippen LogP contribution in [-0.2, 0) is 7.05 Å². The predicted molar refractivity (Wildman–Crippen MR) is 53.9 cm³/mol.